The van der Waals surface area contributed by atoms with Crippen LogP contribution in [-0.2, 0) is 14.6 Å². The SMILES string of the molecule is CCOC(=O)c1nc(NCCS(=O)(=O)CC)sc1C. The number of esters is 1. The number of thiazole rings is 1. The first-order valence-corrected chi connectivity index (χ1v) is 8.62. The summed E-state index contributed by atoms with van der Waals surface area (Å²) in [5, 5.41) is 3.45. The van der Waals surface area contributed by atoms with Crippen LogP contribution < -0.4 is 5.32 Å². The Balaban J connectivity index is 2.62. The van der Waals surface area contributed by atoms with Crippen molar-refractivity contribution < 1.29 is 17.9 Å². The normalized spacial score (nSPS) is 11.3. The van der Waals surface area contributed by atoms with Gasteiger partial charge in [0.05, 0.1) is 12.4 Å². The number of nitrogens with one attached hydrogen (secondary N) is 1. The summed E-state index contributed by atoms with van der Waals surface area (Å²) in [6.45, 7) is 5.70. The summed E-state index contributed by atoms with van der Waals surface area (Å²) in [7, 11) is -3.00. The minimum Gasteiger partial charge on any atom is -0.461 e. The van der Waals surface area contributed by atoms with Gasteiger partial charge in [-0.05, 0) is 13.8 Å². The second-order valence-corrected chi connectivity index (χ2v) is 7.48. The molecule has 0 fully saturated rings. The van der Waals surface area contributed by atoms with Gasteiger partial charge in [0.2, 0.25) is 0 Å². The van der Waals surface area contributed by atoms with Crippen LogP contribution in [0.1, 0.15) is 29.2 Å². The van der Waals surface area contributed by atoms with Crippen molar-refractivity contribution in [2.75, 3.05) is 30.0 Å². The zero-order chi connectivity index (χ0) is 14.5. The lowest BCUT2D eigenvalue weighted by Gasteiger charge is -2.02. The summed E-state index contributed by atoms with van der Waals surface area (Å²) < 4.78 is 27.5. The number of hydrogen-bond donors (Lipinski definition) is 1. The van der Waals surface area contributed by atoms with Crippen molar-refractivity contribution >= 4 is 32.3 Å². The predicted molar refractivity (Wildman–Crippen MR) is 75.6 cm³/mol. The van der Waals surface area contributed by atoms with Crippen molar-refractivity contribution in [1.82, 2.24) is 4.98 Å². The molecule has 0 unspecified atom stereocenters. The highest BCUT2D eigenvalue weighted by Crippen LogP contribution is 2.22. The predicted octanol–water partition coefficient (Wildman–Crippen LogP) is 1.47. The van der Waals surface area contributed by atoms with Crippen LogP contribution in [0.2, 0.25) is 0 Å². The molecule has 0 saturated carbocycles. The van der Waals surface area contributed by atoms with Crippen molar-refractivity contribution in [2.45, 2.75) is 20.8 Å². The summed E-state index contributed by atoms with van der Waals surface area (Å²) in [6.07, 6.45) is 0. The van der Waals surface area contributed by atoms with Crippen molar-refractivity contribution in [1.29, 1.82) is 0 Å². The number of aryl methyl sites for hydroxylation is 1. The first-order chi connectivity index (χ1) is 8.89. The fourth-order valence-electron chi connectivity index (χ4n) is 1.32. The molecule has 0 spiro atoms. The van der Waals surface area contributed by atoms with Crippen LogP contribution in [0.5, 0.6) is 0 Å². The monoisotopic (exact) mass is 306 g/mol. The van der Waals surface area contributed by atoms with E-state index in [0.29, 0.717) is 11.7 Å². The number of aromatic nitrogens is 1. The van der Waals surface area contributed by atoms with Crippen LogP contribution in [0.25, 0.3) is 0 Å². The van der Waals surface area contributed by atoms with Crippen LogP contribution >= 0.6 is 11.3 Å². The molecule has 1 heterocycles. The Morgan fingerprint density at radius 1 is 1.42 bits per heavy atom. The molecule has 0 bridgehead atoms. The van der Waals surface area contributed by atoms with E-state index in [-0.39, 0.29) is 23.7 Å². The van der Waals surface area contributed by atoms with E-state index in [1.54, 1.807) is 20.8 Å². The van der Waals surface area contributed by atoms with Crippen LogP contribution in [0.15, 0.2) is 0 Å². The molecule has 8 heteroatoms. The Morgan fingerprint density at radius 2 is 2.11 bits per heavy atom. The fourth-order valence-corrected chi connectivity index (χ4v) is 2.85. The largest absolute Gasteiger partial charge is 0.461 e. The van der Waals surface area contributed by atoms with Crippen molar-refractivity contribution in [3.63, 3.8) is 0 Å². The smallest absolute Gasteiger partial charge is 0.358 e. The third kappa shape index (κ3) is 4.79. The summed E-state index contributed by atoms with van der Waals surface area (Å²) in [6, 6.07) is 0. The van der Waals surface area contributed by atoms with Crippen molar-refractivity contribution in [2.24, 2.45) is 0 Å². The number of rotatable bonds is 7. The molecule has 108 valence electrons. The van der Waals surface area contributed by atoms with E-state index in [9.17, 15) is 13.2 Å². The van der Waals surface area contributed by atoms with Crippen LogP contribution in [0.4, 0.5) is 5.13 Å². The van der Waals surface area contributed by atoms with Crippen LogP contribution in [0.3, 0.4) is 0 Å². The highest BCUT2D eigenvalue weighted by Gasteiger charge is 2.16. The van der Waals surface area contributed by atoms with Gasteiger partial charge in [0.1, 0.15) is 0 Å². The maximum absolute atomic E-state index is 11.6. The second-order valence-electron chi connectivity index (χ2n) is 3.81. The average Bonchev–Trinajstić information content (AvgIpc) is 2.71. The molecule has 0 aliphatic carbocycles. The lowest BCUT2D eigenvalue weighted by molar-refractivity contribution is 0.0519. The zero-order valence-corrected chi connectivity index (χ0v) is 12.9. The fraction of sp³-hybridized carbons (Fsp3) is 0.636. The maximum Gasteiger partial charge on any atom is 0.358 e. The molecule has 0 aromatic carbocycles. The third-order valence-corrected chi connectivity index (χ3v) is 5.03. The molecule has 19 heavy (non-hydrogen) atoms. The summed E-state index contributed by atoms with van der Waals surface area (Å²) in [4.78, 5) is 16.4. The molecule has 1 rings (SSSR count). The van der Waals surface area contributed by atoms with Gasteiger partial charge in [-0.3, -0.25) is 0 Å². The van der Waals surface area contributed by atoms with E-state index in [1.807, 2.05) is 0 Å². The number of carbonyl (C=O) groups is 1. The molecule has 1 aromatic heterocycles. The lowest BCUT2D eigenvalue weighted by atomic mass is 10.4. The van der Waals surface area contributed by atoms with Gasteiger partial charge in [-0.2, -0.15) is 0 Å². The molecule has 0 radical (unpaired) electrons. The molecule has 1 N–H and O–H groups in total. The van der Waals surface area contributed by atoms with E-state index in [4.69, 9.17) is 4.74 Å². The molecule has 0 aliphatic heterocycles. The molecule has 0 aliphatic rings. The number of hydrogen-bond acceptors (Lipinski definition) is 7. The van der Waals surface area contributed by atoms with E-state index in [0.717, 1.165) is 4.88 Å². The third-order valence-electron chi connectivity index (χ3n) is 2.39. The van der Waals surface area contributed by atoms with E-state index in [2.05, 4.69) is 10.3 Å². The van der Waals surface area contributed by atoms with Gasteiger partial charge in [-0.25, -0.2) is 18.2 Å². The Labute approximate surface area is 117 Å². The topological polar surface area (TPSA) is 85.4 Å². The number of carbonyl (C=O) groups excluding carboxylic acids is 1. The summed E-state index contributed by atoms with van der Waals surface area (Å²) >= 11 is 1.31. The van der Waals surface area contributed by atoms with Gasteiger partial charge in [-0.1, -0.05) is 6.92 Å². The Kier molecular flexibility index (Phi) is 5.74. The first kappa shape index (κ1) is 15.9. The van der Waals surface area contributed by atoms with E-state index in [1.165, 1.54) is 11.3 Å². The minimum atomic E-state index is -3.00. The Bertz CT molecular complexity index is 537. The standard InChI is InChI=1S/C11H18N2O4S2/c1-4-17-10(14)9-8(3)18-11(13-9)12-6-7-19(15,16)5-2/h4-7H2,1-3H3,(H,12,13). The van der Waals surface area contributed by atoms with Gasteiger partial charge in [0, 0.05) is 17.2 Å². The van der Waals surface area contributed by atoms with Gasteiger partial charge in [-0.15, -0.1) is 11.3 Å². The second kappa shape index (κ2) is 6.85. The maximum atomic E-state index is 11.6. The average molecular weight is 306 g/mol. The molecular weight excluding hydrogens is 288 g/mol. The number of ether oxygens (including phenoxy) is 1. The highest BCUT2D eigenvalue weighted by molar-refractivity contribution is 7.91. The zero-order valence-electron chi connectivity index (χ0n) is 11.2. The first-order valence-electron chi connectivity index (χ1n) is 5.98. The van der Waals surface area contributed by atoms with Crippen LogP contribution in [-0.4, -0.2) is 44.0 Å². The van der Waals surface area contributed by atoms with Gasteiger partial charge in [0.15, 0.2) is 20.7 Å². The molecule has 0 amide bonds. The number of sulfone groups is 1. The Hall–Kier alpha value is -1.15. The quantitative estimate of drug-likeness (QED) is 0.768. The number of anilines is 1. The summed E-state index contributed by atoms with van der Waals surface area (Å²) in [5.74, 6) is -0.276. The van der Waals surface area contributed by atoms with E-state index < -0.39 is 15.8 Å². The van der Waals surface area contributed by atoms with Gasteiger partial charge >= 0.3 is 5.97 Å². The molecule has 0 atom stereocenters. The van der Waals surface area contributed by atoms with Gasteiger partial charge in [0.25, 0.3) is 0 Å². The number of nitrogens with zero attached hydrogens (tertiary/aromatic N) is 1. The van der Waals surface area contributed by atoms with Crippen LogP contribution in [0, 0.1) is 6.92 Å². The van der Waals surface area contributed by atoms with Crippen molar-refractivity contribution in [3.8, 4) is 0 Å². The van der Waals surface area contributed by atoms with Gasteiger partial charge < -0.3 is 10.1 Å². The Morgan fingerprint density at radius 3 is 2.68 bits per heavy atom. The highest BCUT2D eigenvalue weighted by atomic mass is 32.2. The molecular formula is C11H18N2O4S2. The van der Waals surface area contributed by atoms with E-state index >= 15 is 0 Å². The molecule has 6 nitrogen and oxygen atoms in total. The molecule has 0 saturated heterocycles. The lowest BCUT2D eigenvalue weighted by Crippen LogP contribution is -2.17. The summed E-state index contributed by atoms with van der Waals surface area (Å²) in [5.41, 5.74) is 0.285. The van der Waals surface area contributed by atoms with Crippen molar-refractivity contribution in [3.05, 3.63) is 10.6 Å². The minimum absolute atomic E-state index is 0.0524. The molecule has 1 aromatic rings.